The second-order valence-corrected chi connectivity index (χ2v) is 8.66. The molecule has 0 spiro atoms. The Labute approximate surface area is 205 Å². The van der Waals surface area contributed by atoms with Gasteiger partial charge in [0.2, 0.25) is 0 Å². The van der Waals surface area contributed by atoms with E-state index in [1.165, 1.54) is 0 Å². The van der Waals surface area contributed by atoms with Gasteiger partial charge in [-0.15, -0.1) is 35.3 Å². The number of ether oxygens (including phenoxy) is 1. The first kappa shape index (κ1) is 25.3. The summed E-state index contributed by atoms with van der Waals surface area (Å²) in [5.74, 6) is 1.21. The summed E-state index contributed by atoms with van der Waals surface area (Å²) in [5, 5.41) is 10.8. The van der Waals surface area contributed by atoms with Crippen LogP contribution >= 0.6 is 46.9 Å². The van der Waals surface area contributed by atoms with Gasteiger partial charge in [0, 0.05) is 37.1 Å². The third-order valence-electron chi connectivity index (χ3n) is 5.01. The Bertz CT molecular complexity index is 810. The van der Waals surface area contributed by atoms with Crippen molar-refractivity contribution in [2.24, 2.45) is 4.99 Å². The van der Waals surface area contributed by atoms with E-state index in [0.717, 1.165) is 53.6 Å². The van der Waals surface area contributed by atoms with Crippen LogP contribution in [0.5, 0.6) is 0 Å². The van der Waals surface area contributed by atoms with Gasteiger partial charge in [-0.3, -0.25) is 9.89 Å². The number of morpholine rings is 1. The van der Waals surface area contributed by atoms with Crippen LogP contribution in [0.3, 0.4) is 0 Å². The third kappa shape index (κ3) is 7.05. The largest absolute Gasteiger partial charge is 0.379 e. The first-order chi connectivity index (χ1) is 14.1. The molecular formula is C21H31ClIN5OS. The van der Waals surface area contributed by atoms with Crippen LogP contribution in [0.4, 0.5) is 0 Å². The van der Waals surface area contributed by atoms with Crippen molar-refractivity contribution in [2.75, 3.05) is 39.9 Å². The van der Waals surface area contributed by atoms with E-state index in [-0.39, 0.29) is 30.0 Å². The summed E-state index contributed by atoms with van der Waals surface area (Å²) in [4.78, 5) is 11.5. The molecule has 2 N–H and O–H groups in total. The number of benzene rings is 1. The molecule has 1 unspecified atom stereocenters. The maximum Gasteiger partial charge on any atom is 0.191 e. The number of nitrogens with one attached hydrogen (secondary N) is 2. The quantitative estimate of drug-likeness (QED) is 0.299. The molecule has 1 aromatic carbocycles. The fraction of sp³-hybridized carbons (Fsp3) is 0.524. The zero-order valence-corrected chi connectivity index (χ0v) is 21.6. The molecule has 6 nitrogen and oxygen atoms in total. The van der Waals surface area contributed by atoms with Gasteiger partial charge in [0.15, 0.2) is 5.96 Å². The van der Waals surface area contributed by atoms with E-state index in [0.29, 0.717) is 19.0 Å². The van der Waals surface area contributed by atoms with Gasteiger partial charge in [-0.2, -0.15) is 0 Å². The minimum Gasteiger partial charge on any atom is -0.379 e. The van der Waals surface area contributed by atoms with Gasteiger partial charge in [0.25, 0.3) is 0 Å². The average Bonchev–Trinajstić information content (AvgIpc) is 3.22. The van der Waals surface area contributed by atoms with Crippen LogP contribution in [0.25, 0.3) is 0 Å². The maximum atomic E-state index is 6.52. The predicted molar refractivity (Wildman–Crippen MR) is 136 cm³/mol. The number of guanidine groups is 1. The SMILES string of the molecule is CN=C(NCc1nc(C(C)C)cs1)NCC(c1ccccc1Cl)N1CCOCC1.I. The molecule has 1 aliphatic heterocycles. The molecule has 0 bridgehead atoms. The van der Waals surface area contributed by atoms with Crippen molar-refractivity contribution in [1.82, 2.24) is 20.5 Å². The topological polar surface area (TPSA) is 61.8 Å². The van der Waals surface area contributed by atoms with E-state index >= 15 is 0 Å². The number of nitrogens with zero attached hydrogens (tertiary/aromatic N) is 3. The van der Waals surface area contributed by atoms with E-state index in [1.807, 2.05) is 18.2 Å². The Morgan fingerprint density at radius 3 is 2.63 bits per heavy atom. The average molecular weight is 564 g/mol. The Morgan fingerprint density at radius 2 is 2.00 bits per heavy atom. The lowest BCUT2D eigenvalue weighted by atomic mass is 10.0. The number of halogens is 2. The summed E-state index contributed by atoms with van der Waals surface area (Å²) in [5.41, 5.74) is 2.27. The zero-order chi connectivity index (χ0) is 20.6. The lowest BCUT2D eigenvalue weighted by Crippen LogP contribution is -2.46. The summed E-state index contributed by atoms with van der Waals surface area (Å²) < 4.78 is 5.53. The summed E-state index contributed by atoms with van der Waals surface area (Å²) in [6.07, 6.45) is 0. The number of aromatic nitrogens is 1. The second kappa shape index (κ2) is 12.8. The van der Waals surface area contributed by atoms with Gasteiger partial charge < -0.3 is 15.4 Å². The van der Waals surface area contributed by atoms with Crippen molar-refractivity contribution in [3.63, 3.8) is 0 Å². The van der Waals surface area contributed by atoms with Gasteiger partial charge in [0.05, 0.1) is 31.5 Å². The lowest BCUT2D eigenvalue weighted by molar-refractivity contribution is 0.0170. The molecule has 30 heavy (non-hydrogen) atoms. The molecule has 0 radical (unpaired) electrons. The molecular weight excluding hydrogens is 533 g/mol. The van der Waals surface area contributed by atoms with Crippen LogP contribution in [0.2, 0.25) is 5.02 Å². The van der Waals surface area contributed by atoms with Crippen molar-refractivity contribution < 1.29 is 4.74 Å². The first-order valence-electron chi connectivity index (χ1n) is 10.0. The molecule has 1 saturated heterocycles. The van der Waals surface area contributed by atoms with E-state index in [4.69, 9.17) is 16.3 Å². The minimum atomic E-state index is 0. The Kier molecular flexibility index (Phi) is 10.8. The molecule has 0 amide bonds. The predicted octanol–water partition coefficient (Wildman–Crippen LogP) is 4.28. The van der Waals surface area contributed by atoms with Crippen LogP contribution in [0.15, 0.2) is 34.6 Å². The summed E-state index contributed by atoms with van der Waals surface area (Å²) in [7, 11) is 1.79. The van der Waals surface area contributed by atoms with Gasteiger partial charge in [0.1, 0.15) is 5.01 Å². The molecule has 1 aliphatic rings. The number of aliphatic imine (C=N–C) groups is 1. The summed E-state index contributed by atoms with van der Waals surface area (Å²) >= 11 is 8.20. The number of thiazole rings is 1. The first-order valence-corrected chi connectivity index (χ1v) is 11.3. The molecule has 0 saturated carbocycles. The fourth-order valence-electron chi connectivity index (χ4n) is 3.32. The highest BCUT2D eigenvalue weighted by molar-refractivity contribution is 14.0. The Morgan fingerprint density at radius 1 is 1.27 bits per heavy atom. The van der Waals surface area contributed by atoms with Crippen molar-refractivity contribution in [1.29, 1.82) is 0 Å². The summed E-state index contributed by atoms with van der Waals surface area (Å²) in [6, 6.07) is 8.21. The Hall–Kier alpha value is -0.940. The normalized spacial score (nSPS) is 16.2. The highest BCUT2D eigenvalue weighted by atomic mass is 127. The number of rotatable bonds is 7. The highest BCUT2D eigenvalue weighted by Gasteiger charge is 2.24. The lowest BCUT2D eigenvalue weighted by Gasteiger charge is -2.35. The monoisotopic (exact) mass is 563 g/mol. The molecule has 166 valence electrons. The van der Waals surface area contributed by atoms with Crippen LogP contribution in [-0.4, -0.2) is 55.7 Å². The third-order valence-corrected chi connectivity index (χ3v) is 6.22. The number of hydrogen-bond acceptors (Lipinski definition) is 5. The molecule has 1 fully saturated rings. The molecule has 3 rings (SSSR count). The van der Waals surface area contributed by atoms with Crippen LogP contribution in [0, 0.1) is 0 Å². The molecule has 1 aromatic heterocycles. The molecule has 1 atom stereocenters. The standard InChI is InChI=1S/C21H30ClN5OS.HI/c1-15(2)18-14-29-20(26-18)13-25-21(23-3)24-12-19(27-8-10-28-11-9-27)16-6-4-5-7-17(16)22;/h4-7,14-15,19H,8-13H2,1-3H3,(H2,23,24,25);1H. The highest BCUT2D eigenvalue weighted by Crippen LogP contribution is 2.27. The van der Waals surface area contributed by atoms with Crippen LogP contribution < -0.4 is 10.6 Å². The summed E-state index contributed by atoms with van der Waals surface area (Å²) in [6.45, 7) is 8.96. The number of hydrogen-bond donors (Lipinski definition) is 2. The zero-order valence-electron chi connectivity index (χ0n) is 17.7. The van der Waals surface area contributed by atoms with Crippen LogP contribution in [0.1, 0.15) is 42.1 Å². The minimum absolute atomic E-state index is 0. The van der Waals surface area contributed by atoms with E-state index in [2.05, 4.69) is 50.8 Å². The van der Waals surface area contributed by atoms with E-state index in [9.17, 15) is 0 Å². The van der Waals surface area contributed by atoms with Crippen LogP contribution in [-0.2, 0) is 11.3 Å². The molecule has 9 heteroatoms. The fourth-order valence-corrected chi connectivity index (χ4v) is 4.47. The smallest absolute Gasteiger partial charge is 0.191 e. The maximum absolute atomic E-state index is 6.52. The van der Waals surface area contributed by atoms with Crippen molar-refractivity contribution in [3.05, 3.63) is 50.9 Å². The van der Waals surface area contributed by atoms with E-state index in [1.54, 1.807) is 18.4 Å². The van der Waals surface area contributed by atoms with E-state index < -0.39 is 0 Å². The Balaban J connectivity index is 0.00000320. The molecule has 0 aliphatic carbocycles. The van der Waals surface area contributed by atoms with Gasteiger partial charge in [-0.25, -0.2) is 4.98 Å². The molecule has 2 aromatic rings. The van der Waals surface area contributed by atoms with Crippen molar-refractivity contribution in [3.8, 4) is 0 Å². The van der Waals surface area contributed by atoms with Gasteiger partial charge in [-0.1, -0.05) is 43.6 Å². The van der Waals surface area contributed by atoms with Crippen molar-refractivity contribution >= 4 is 52.9 Å². The van der Waals surface area contributed by atoms with Gasteiger partial charge in [-0.05, 0) is 17.5 Å². The van der Waals surface area contributed by atoms with Gasteiger partial charge >= 0.3 is 0 Å². The van der Waals surface area contributed by atoms with Crippen molar-refractivity contribution in [2.45, 2.75) is 32.4 Å². The molecule has 2 heterocycles. The second-order valence-electron chi connectivity index (χ2n) is 7.31.